The van der Waals surface area contributed by atoms with Crippen LogP contribution in [0.15, 0.2) is 30.3 Å². The van der Waals surface area contributed by atoms with Crippen molar-refractivity contribution in [2.24, 2.45) is 0 Å². The molecule has 2 rings (SSSR count). The molecule has 0 aromatic heterocycles. The van der Waals surface area contributed by atoms with E-state index in [2.05, 4.69) is 0 Å². The van der Waals surface area contributed by atoms with Crippen molar-refractivity contribution in [1.82, 2.24) is 9.80 Å². The van der Waals surface area contributed by atoms with Gasteiger partial charge in [-0.2, -0.15) is 0 Å². The Morgan fingerprint density at radius 3 is 2.41 bits per heavy atom. The summed E-state index contributed by atoms with van der Waals surface area (Å²) in [7, 11) is 0. The number of carboxylic acid groups (broad SMARTS) is 1. The molecule has 1 N–H and O–H groups in total. The van der Waals surface area contributed by atoms with E-state index in [9.17, 15) is 19.5 Å². The molecule has 0 bridgehead atoms. The number of hydrogen-bond donors (Lipinski definition) is 1. The van der Waals surface area contributed by atoms with Crippen molar-refractivity contribution in [3.63, 3.8) is 0 Å². The zero-order valence-corrected chi connectivity index (χ0v) is 17.5. The van der Waals surface area contributed by atoms with E-state index in [0.29, 0.717) is 12.8 Å². The van der Waals surface area contributed by atoms with E-state index < -0.39 is 35.8 Å². The second kappa shape index (κ2) is 9.62. The Bertz CT molecular complexity index is 716. The molecule has 0 spiro atoms. The van der Waals surface area contributed by atoms with Crippen LogP contribution in [0.25, 0.3) is 0 Å². The molecule has 1 aromatic carbocycles. The number of ether oxygens (including phenoxy) is 2. The topological polar surface area (TPSA) is 96.4 Å². The minimum atomic E-state index is -1.15. The fourth-order valence-corrected chi connectivity index (χ4v) is 3.31. The summed E-state index contributed by atoms with van der Waals surface area (Å²) in [5, 5.41) is 9.82. The highest BCUT2D eigenvalue weighted by Crippen LogP contribution is 2.28. The van der Waals surface area contributed by atoms with Crippen molar-refractivity contribution in [1.29, 1.82) is 0 Å². The summed E-state index contributed by atoms with van der Waals surface area (Å²) in [6, 6.07) is 7.37. The highest BCUT2D eigenvalue weighted by atomic mass is 16.6. The smallest absolute Gasteiger partial charge is 0.411 e. The van der Waals surface area contributed by atoms with Gasteiger partial charge in [-0.05, 0) is 39.2 Å². The van der Waals surface area contributed by atoms with Gasteiger partial charge in [0.2, 0.25) is 0 Å². The number of benzene rings is 1. The largest absolute Gasteiger partial charge is 0.465 e. The van der Waals surface area contributed by atoms with Gasteiger partial charge in [0.25, 0.3) is 0 Å². The lowest BCUT2D eigenvalue weighted by Crippen LogP contribution is -2.53. The molecule has 1 aromatic rings. The van der Waals surface area contributed by atoms with Crippen molar-refractivity contribution in [2.75, 3.05) is 13.2 Å². The summed E-state index contributed by atoms with van der Waals surface area (Å²) in [5.41, 5.74) is 0.0649. The Morgan fingerprint density at radius 1 is 1.21 bits per heavy atom. The van der Waals surface area contributed by atoms with Gasteiger partial charge in [0.05, 0.1) is 12.6 Å². The maximum absolute atomic E-state index is 12.8. The van der Waals surface area contributed by atoms with E-state index in [1.165, 1.54) is 9.80 Å². The number of hydrogen-bond acceptors (Lipinski definition) is 5. The number of esters is 1. The lowest BCUT2D eigenvalue weighted by Gasteiger charge is -2.33. The van der Waals surface area contributed by atoms with Gasteiger partial charge in [0.15, 0.2) is 6.04 Å². The first kappa shape index (κ1) is 22.5. The second-order valence-corrected chi connectivity index (χ2v) is 8.04. The maximum Gasteiger partial charge on any atom is 0.411 e. The first-order valence-electron chi connectivity index (χ1n) is 9.83. The monoisotopic (exact) mass is 406 g/mol. The summed E-state index contributed by atoms with van der Waals surface area (Å²) >= 11 is 0. The molecule has 8 nitrogen and oxygen atoms in total. The Labute approximate surface area is 171 Å². The third-order valence-electron chi connectivity index (χ3n) is 4.53. The van der Waals surface area contributed by atoms with Crippen LogP contribution in [0.2, 0.25) is 0 Å². The number of carbonyl (C=O) groups excluding carboxylic acids is 2. The predicted molar refractivity (Wildman–Crippen MR) is 106 cm³/mol. The SMILES string of the molecule is CCCOC(=O)C1C(N(Cc2ccccc2)C(=O)O)CCN1C(=O)OC(C)(C)C. The molecule has 1 fully saturated rings. The van der Waals surface area contributed by atoms with Crippen molar-refractivity contribution in [2.45, 2.75) is 64.8 Å². The molecular weight excluding hydrogens is 376 g/mol. The van der Waals surface area contributed by atoms with Crippen LogP contribution >= 0.6 is 0 Å². The Balaban J connectivity index is 2.30. The van der Waals surface area contributed by atoms with E-state index in [1.807, 2.05) is 37.3 Å². The lowest BCUT2D eigenvalue weighted by molar-refractivity contribution is -0.150. The normalized spacial score (nSPS) is 19.0. The molecule has 1 aliphatic heterocycles. The molecule has 2 amide bonds. The molecule has 8 heteroatoms. The van der Waals surface area contributed by atoms with E-state index in [0.717, 1.165) is 5.56 Å². The van der Waals surface area contributed by atoms with Crippen molar-refractivity contribution in [3.8, 4) is 0 Å². The van der Waals surface area contributed by atoms with Gasteiger partial charge in [-0.25, -0.2) is 14.4 Å². The van der Waals surface area contributed by atoms with Crippen LogP contribution in [-0.4, -0.2) is 63.9 Å². The average Bonchev–Trinajstić information content (AvgIpc) is 3.08. The highest BCUT2D eigenvalue weighted by molar-refractivity contribution is 5.84. The Kier molecular flexibility index (Phi) is 7.47. The molecule has 0 aliphatic carbocycles. The van der Waals surface area contributed by atoms with Crippen LogP contribution in [0.1, 0.15) is 46.1 Å². The number of carbonyl (C=O) groups is 3. The number of likely N-dealkylation sites (tertiary alicyclic amines) is 1. The van der Waals surface area contributed by atoms with Gasteiger partial charge >= 0.3 is 18.2 Å². The molecule has 0 saturated carbocycles. The third kappa shape index (κ3) is 6.10. The van der Waals surface area contributed by atoms with Crippen molar-refractivity contribution in [3.05, 3.63) is 35.9 Å². The van der Waals surface area contributed by atoms with E-state index in [1.54, 1.807) is 20.8 Å². The fraction of sp³-hybridized carbons (Fsp3) is 0.571. The first-order chi connectivity index (χ1) is 13.6. The molecule has 1 aliphatic rings. The first-order valence-corrected chi connectivity index (χ1v) is 9.83. The maximum atomic E-state index is 12.8. The molecule has 2 unspecified atom stereocenters. The molecule has 29 heavy (non-hydrogen) atoms. The summed E-state index contributed by atoms with van der Waals surface area (Å²) in [6.45, 7) is 7.61. The summed E-state index contributed by atoms with van der Waals surface area (Å²) in [6.07, 6.45) is -0.853. The second-order valence-electron chi connectivity index (χ2n) is 8.04. The standard InChI is InChI=1S/C21H30N2O6/c1-5-13-28-18(24)17-16(11-12-22(17)20(27)29-21(2,3)4)23(19(25)26)14-15-9-7-6-8-10-15/h6-10,16-17H,5,11-14H2,1-4H3,(H,25,26). The summed E-state index contributed by atoms with van der Waals surface area (Å²) in [4.78, 5) is 40.0. The van der Waals surface area contributed by atoms with Gasteiger partial charge in [-0.3, -0.25) is 9.80 Å². The van der Waals surface area contributed by atoms with Crippen LogP contribution in [0.4, 0.5) is 9.59 Å². The number of nitrogens with zero attached hydrogens (tertiary/aromatic N) is 2. The van der Waals surface area contributed by atoms with Gasteiger partial charge < -0.3 is 14.6 Å². The van der Waals surface area contributed by atoms with Gasteiger partial charge in [0.1, 0.15) is 5.60 Å². The Morgan fingerprint density at radius 2 is 1.86 bits per heavy atom. The highest BCUT2D eigenvalue weighted by Gasteiger charge is 2.48. The van der Waals surface area contributed by atoms with Gasteiger partial charge in [-0.1, -0.05) is 37.3 Å². The fourth-order valence-electron chi connectivity index (χ4n) is 3.31. The van der Waals surface area contributed by atoms with Crippen molar-refractivity contribution < 1.29 is 29.0 Å². The summed E-state index contributed by atoms with van der Waals surface area (Å²) in [5.74, 6) is -0.612. The molecule has 160 valence electrons. The molecule has 1 saturated heterocycles. The number of rotatable bonds is 6. The van der Waals surface area contributed by atoms with E-state index in [4.69, 9.17) is 9.47 Å². The molecule has 1 heterocycles. The van der Waals surface area contributed by atoms with E-state index >= 15 is 0 Å². The van der Waals surface area contributed by atoms with Crippen LogP contribution < -0.4 is 0 Å². The molecular formula is C21H30N2O6. The quantitative estimate of drug-likeness (QED) is 0.727. The Hall–Kier alpha value is -2.77. The molecule has 2 atom stereocenters. The summed E-state index contributed by atoms with van der Waals surface area (Å²) < 4.78 is 10.7. The van der Waals surface area contributed by atoms with E-state index in [-0.39, 0.29) is 19.7 Å². The number of amides is 2. The minimum absolute atomic E-state index is 0.112. The third-order valence-corrected chi connectivity index (χ3v) is 4.53. The van der Waals surface area contributed by atoms with Crippen LogP contribution in [0, 0.1) is 0 Å². The lowest BCUT2D eigenvalue weighted by atomic mass is 10.1. The van der Waals surface area contributed by atoms with Crippen LogP contribution in [0.3, 0.4) is 0 Å². The van der Waals surface area contributed by atoms with Gasteiger partial charge in [0, 0.05) is 13.1 Å². The van der Waals surface area contributed by atoms with Crippen LogP contribution in [-0.2, 0) is 20.8 Å². The predicted octanol–water partition coefficient (Wildman–Crippen LogP) is 3.50. The zero-order valence-electron chi connectivity index (χ0n) is 17.5. The van der Waals surface area contributed by atoms with Crippen LogP contribution in [0.5, 0.6) is 0 Å². The minimum Gasteiger partial charge on any atom is -0.465 e. The zero-order chi connectivity index (χ0) is 21.6. The average molecular weight is 406 g/mol. The molecule has 0 radical (unpaired) electrons. The van der Waals surface area contributed by atoms with Crippen molar-refractivity contribution >= 4 is 18.2 Å². The van der Waals surface area contributed by atoms with Gasteiger partial charge in [-0.15, -0.1) is 0 Å².